The molecule has 162 valence electrons. The van der Waals surface area contributed by atoms with Crippen molar-refractivity contribution in [3.05, 3.63) is 84.4 Å². The number of imide groups is 1. The lowest BCUT2D eigenvalue weighted by Crippen LogP contribution is -2.37. The quantitative estimate of drug-likeness (QED) is 0.575. The lowest BCUT2D eigenvalue weighted by atomic mass is 9.90. The van der Waals surface area contributed by atoms with Crippen molar-refractivity contribution >= 4 is 23.2 Å². The van der Waals surface area contributed by atoms with Gasteiger partial charge in [-0.05, 0) is 42.0 Å². The molecule has 3 aromatic carbocycles. The zero-order chi connectivity index (χ0) is 22.2. The number of para-hydroxylation sites is 3. The fraction of sp³-hybridized carbons (Fsp3) is 0.200. The molecule has 2 fully saturated rings. The standard InChI is InChI=1S/C25H22N2O5/c1-30-18-14-12-16(13-15-18)22-21-23(32-27(22)17-8-4-3-5-9-17)25(29)26(24(21)28)19-10-6-7-11-20(19)31-2/h3-15,21-23H,1-2H3/t21-,22+,23+/m1/s1. The van der Waals surface area contributed by atoms with Gasteiger partial charge in [-0.25, -0.2) is 9.96 Å². The summed E-state index contributed by atoms with van der Waals surface area (Å²) in [6, 6.07) is 23.5. The van der Waals surface area contributed by atoms with Gasteiger partial charge in [-0.3, -0.25) is 14.4 Å². The van der Waals surface area contributed by atoms with E-state index in [0.29, 0.717) is 17.2 Å². The normalized spacial score (nSPS) is 22.2. The monoisotopic (exact) mass is 430 g/mol. The average molecular weight is 430 g/mol. The molecule has 2 aliphatic rings. The molecule has 0 aliphatic carbocycles. The fourth-order valence-electron chi connectivity index (χ4n) is 4.41. The Labute approximate surface area is 185 Å². The summed E-state index contributed by atoms with van der Waals surface area (Å²) in [6.07, 6.45) is -0.931. The first-order valence-corrected chi connectivity index (χ1v) is 10.3. The van der Waals surface area contributed by atoms with Crippen LogP contribution in [-0.2, 0) is 14.4 Å². The number of carbonyl (C=O) groups is 2. The van der Waals surface area contributed by atoms with Crippen molar-refractivity contribution in [1.82, 2.24) is 0 Å². The average Bonchev–Trinajstić information content (AvgIpc) is 3.35. The first-order valence-electron chi connectivity index (χ1n) is 10.3. The van der Waals surface area contributed by atoms with Gasteiger partial charge in [-0.15, -0.1) is 0 Å². The number of carbonyl (C=O) groups excluding carboxylic acids is 2. The van der Waals surface area contributed by atoms with E-state index in [1.165, 1.54) is 12.0 Å². The molecule has 3 aromatic rings. The van der Waals surface area contributed by atoms with Gasteiger partial charge in [0.25, 0.3) is 5.91 Å². The topological polar surface area (TPSA) is 68.3 Å². The Morgan fingerprint density at radius 2 is 1.47 bits per heavy atom. The number of anilines is 2. The predicted molar refractivity (Wildman–Crippen MR) is 119 cm³/mol. The van der Waals surface area contributed by atoms with Crippen molar-refractivity contribution in [1.29, 1.82) is 0 Å². The number of benzene rings is 3. The number of hydroxylamine groups is 1. The summed E-state index contributed by atoms with van der Waals surface area (Å²) in [5.41, 5.74) is 2.04. The number of amides is 2. The summed E-state index contributed by atoms with van der Waals surface area (Å²) in [4.78, 5) is 34.4. The second-order valence-corrected chi connectivity index (χ2v) is 7.61. The summed E-state index contributed by atoms with van der Waals surface area (Å²) < 4.78 is 10.7. The Balaban J connectivity index is 1.59. The molecule has 2 aliphatic heterocycles. The van der Waals surface area contributed by atoms with E-state index in [1.54, 1.807) is 36.4 Å². The molecule has 0 saturated carbocycles. The molecule has 0 radical (unpaired) electrons. The minimum absolute atomic E-state index is 0.316. The predicted octanol–water partition coefficient (Wildman–Crippen LogP) is 3.75. The van der Waals surface area contributed by atoms with Crippen molar-refractivity contribution in [3.63, 3.8) is 0 Å². The summed E-state index contributed by atoms with van der Waals surface area (Å²) in [6.45, 7) is 0. The number of fused-ring (bicyclic) bond motifs is 1. The van der Waals surface area contributed by atoms with E-state index in [0.717, 1.165) is 11.3 Å². The van der Waals surface area contributed by atoms with Gasteiger partial charge in [-0.2, -0.15) is 0 Å². The number of rotatable bonds is 5. The molecule has 0 unspecified atom stereocenters. The highest BCUT2D eigenvalue weighted by Crippen LogP contribution is 2.48. The van der Waals surface area contributed by atoms with Gasteiger partial charge in [0, 0.05) is 0 Å². The maximum absolute atomic E-state index is 13.7. The van der Waals surface area contributed by atoms with Crippen LogP contribution in [0.3, 0.4) is 0 Å². The van der Waals surface area contributed by atoms with E-state index in [4.69, 9.17) is 14.3 Å². The third-order valence-corrected chi connectivity index (χ3v) is 5.91. The van der Waals surface area contributed by atoms with Gasteiger partial charge in [0.2, 0.25) is 5.91 Å². The van der Waals surface area contributed by atoms with Gasteiger partial charge < -0.3 is 9.47 Å². The lowest BCUT2D eigenvalue weighted by Gasteiger charge is -2.29. The molecule has 0 aromatic heterocycles. The maximum atomic E-state index is 13.7. The fourth-order valence-corrected chi connectivity index (χ4v) is 4.41. The molecule has 2 amide bonds. The Kier molecular flexibility index (Phi) is 5.03. The number of nitrogens with zero attached hydrogens (tertiary/aromatic N) is 2. The molecule has 32 heavy (non-hydrogen) atoms. The molecule has 7 nitrogen and oxygen atoms in total. The van der Waals surface area contributed by atoms with Crippen molar-refractivity contribution in [2.24, 2.45) is 5.92 Å². The smallest absolute Gasteiger partial charge is 0.266 e. The van der Waals surface area contributed by atoms with Crippen LogP contribution in [0.1, 0.15) is 11.6 Å². The van der Waals surface area contributed by atoms with Crippen LogP contribution in [0.2, 0.25) is 0 Å². The van der Waals surface area contributed by atoms with Crippen LogP contribution < -0.4 is 19.4 Å². The van der Waals surface area contributed by atoms with Crippen LogP contribution >= 0.6 is 0 Å². The number of hydrogen-bond acceptors (Lipinski definition) is 6. The molecule has 5 rings (SSSR count). The Morgan fingerprint density at radius 1 is 0.781 bits per heavy atom. The maximum Gasteiger partial charge on any atom is 0.266 e. The van der Waals surface area contributed by atoms with Gasteiger partial charge in [0.05, 0.1) is 31.6 Å². The third-order valence-electron chi connectivity index (χ3n) is 5.91. The molecule has 0 bridgehead atoms. The lowest BCUT2D eigenvalue weighted by molar-refractivity contribution is -0.126. The summed E-state index contributed by atoms with van der Waals surface area (Å²) >= 11 is 0. The van der Waals surface area contributed by atoms with Crippen LogP contribution in [0.25, 0.3) is 0 Å². The van der Waals surface area contributed by atoms with E-state index in [2.05, 4.69) is 0 Å². The van der Waals surface area contributed by atoms with Crippen LogP contribution in [0, 0.1) is 5.92 Å². The number of ether oxygens (including phenoxy) is 2. The Hall–Kier alpha value is -3.84. The summed E-state index contributed by atoms with van der Waals surface area (Å²) in [7, 11) is 3.11. The third kappa shape index (κ3) is 3.09. The summed E-state index contributed by atoms with van der Waals surface area (Å²) in [5, 5.41) is 1.67. The van der Waals surface area contributed by atoms with E-state index in [-0.39, 0.29) is 5.91 Å². The second kappa shape index (κ2) is 8.01. The molecule has 2 heterocycles. The van der Waals surface area contributed by atoms with Crippen LogP contribution in [0.15, 0.2) is 78.9 Å². The first-order chi connectivity index (χ1) is 15.6. The highest BCUT2D eigenvalue weighted by molar-refractivity contribution is 6.24. The van der Waals surface area contributed by atoms with E-state index in [1.807, 2.05) is 54.6 Å². The van der Waals surface area contributed by atoms with Crippen LogP contribution in [0.5, 0.6) is 11.5 Å². The number of methoxy groups -OCH3 is 2. The van der Waals surface area contributed by atoms with E-state index in [9.17, 15) is 9.59 Å². The second-order valence-electron chi connectivity index (χ2n) is 7.61. The zero-order valence-corrected chi connectivity index (χ0v) is 17.7. The molecule has 0 N–H and O–H groups in total. The minimum atomic E-state index is -0.931. The highest BCUT2D eigenvalue weighted by Gasteiger charge is 2.60. The molecular weight excluding hydrogens is 408 g/mol. The Morgan fingerprint density at radius 3 is 2.16 bits per heavy atom. The molecular formula is C25H22N2O5. The molecule has 0 spiro atoms. The van der Waals surface area contributed by atoms with E-state index < -0.39 is 24.0 Å². The largest absolute Gasteiger partial charge is 0.497 e. The first kappa shape index (κ1) is 20.1. The number of hydrogen-bond donors (Lipinski definition) is 0. The zero-order valence-electron chi connectivity index (χ0n) is 17.7. The Bertz CT molecular complexity index is 1150. The van der Waals surface area contributed by atoms with Crippen molar-refractivity contribution in [3.8, 4) is 11.5 Å². The van der Waals surface area contributed by atoms with Crippen molar-refractivity contribution < 1.29 is 23.9 Å². The van der Waals surface area contributed by atoms with Gasteiger partial charge in [0.15, 0.2) is 6.10 Å². The van der Waals surface area contributed by atoms with E-state index >= 15 is 0 Å². The molecule has 7 heteroatoms. The summed E-state index contributed by atoms with van der Waals surface area (Å²) in [5.74, 6) is -0.263. The van der Waals surface area contributed by atoms with Crippen LogP contribution in [-0.4, -0.2) is 32.1 Å². The minimum Gasteiger partial charge on any atom is -0.497 e. The van der Waals surface area contributed by atoms with Crippen molar-refractivity contribution in [2.75, 3.05) is 24.2 Å². The van der Waals surface area contributed by atoms with Gasteiger partial charge in [0.1, 0.15) is 17.4 Å². The molecule has 2 saturated heterocycles. The highest BCUT2D eigenvalue weighted by atomic mass is 16.7. The SMILES string of the molecule is COc1ccc([C@H]2[C@H]3C(=O)N(c4ccccc4OC)C(=O)[C@H]3ON2c2ccccc2)cc1. The molecule has 3 atom stereocenters. The van der Waals surface area contributed by atoms with Gasteiger partial charge in [-0.1, -0.05) is 42.5 Å². The van der Waals surface area contributed by atoms with Gasteiger partial charge >= 0.3 is 0 Å². The van der Waals surface area contributed by atoms with Crippen LogP contribution in [0.4, 0.5) is 11.4 Å². The van der Waals surface area contributed by atoms with Crippen molar-refractivity contribution in [2.45, 2.75) is 12.1 Å².